The quantitative estimate of drug-likeness (QED) is 0.891. The molecule has 2 aliphatic rings. The maximum Gasteiger partial charge on any atom is 0.123 e. The zero-order chi connectivity index (χ0) is 12.6. The Morgan fingerprint density at radius 1 is 1.50 bits per heavy atom. The van der Waals surface area contributed by atoms with Gasteiger partial charge < -0.3 is 14.8 Å². The van der Waals surface area contributed by atoms with Crippen LogP contribution in [0.5, 0.6) is 11.5 Å². The van der Waals surface area contributed by atoms with E-state index in [0.717, 1.165) is 37.7 Å². The van der Waals surface area contributed by atoms with E-state index in [1.54, 1.807) is 0 Å². The second kappa shape index (κ2) is 4.47. The van der Waals surface area contributed by atoms with Crippen molar-refractivity contribution in [3.8, 4) is 11.5 Å². The second-order valence-corrected chi connectivity index (χ2v) is 5.52. The van der Waals surface area contributed by atoms with E-state index in [-0.39, 0.29) is 5.54 Å². The number of fused-ring (bicyclic) bond motifs is 3. The third-order valence-electron chi connectivity index (χ3n) is 4.09. The van der Waals surface area contributed by atoms with Crippen LogP contribution in [0.1, 0.15) is 38.2 Å². The summed E-state index contributed by atoms with van der Waals surface area (Å²) in [6, 6.07) is 6.23. The number of hydrogen-bond donors (Lipinski definition) is 1. The molecule has 0 aromatic heterocycles. The van der Waals surface area contributed by atoms with E-state index in [1.165, 1.54) is 12.0 Å². The monoisotopic (exact) mass is 247 g/mol. The van der Waals surface area contributed by atoms with Gasteiger partial charge in [0, 0.05) is 11.5 Å². The van der Waals surface area contributed by atoms with Crippen molar-refractivity contribution in [2.24, 2.45) is 0 Å². The minimum atomic E-state index is 0.0936. The van der Waals surface area contributed by atoms with Crippen molar-refractivity contribution in [2.75, 3.05) is 19.8 Å². The van der Waals surface area contributed by atoms with Gasteiger partial charge in [0.1, 0.15) is 18.1 Å². The molecule has 3 rings (SSSR count). The van der Waals surface area contributed by atoms with Gasteiger partial charge in [0.15, 0.2) is 0 Å². The Hall–Kier alpha value is -1.22. The zero-order valence-corrected chi connectivity index (χ0v) is 11.2. The van der Waals surface area contributed by atoms with Crippen LogP contribution in [-0.2, 0) is 0 Å². The van der Waals surface area contributed by atoms with Gasteiger partial charge in [0.25, 0.3) is 0 Å². The molecule has 0 spiro atoms. The summed E-state index contributed by atoms with van der Waals surface area (Å²) in [6.07, 6.45) is 2.22. The molecule has 0 bridgehead atoms. The SMILES string of the molecule is CCCOc1ccc2c(c1)[C@@H]1CCN[C@]1(C)CO2. The molecule has 98 valence electrons. The Morgan fingerprint density at radius 2 is 2.39 bits per heavy atom. The Balaban J connectivity index is 1.91. The lowest BCUT2D eigenvalue weighted by Gasteiger charge is -2.37. The topological polar surface area (TPSA) is 30.5 Å². The van der Waals surface area contributed by atoms with Crippen molar-refractivity contribution in [2.45, 2.75) is 38.1 Å². The third-order valence-corrected chi connectivity index (χ3v) is 4.09. The molecule has 3 heteroatoms. The second-order valence-electron chi connectivity index (χ2n) is 5.52. The largest absolute Gasteiger partial charge is 0.494 e. The van der Waals surface area contributed by atoms with Crippen molar-refractivity contribution in [1.29, 1.82) is 0 Å². The number of nitrogens with one attached hydrogen (secondary N) is 1. The Morgan fingerprint density at radius 3 is 3.22 bits per heavy atom. The highest BCUT2D eigenvalue weighted by molar-refractivity contribution is 5.46. The van der Waals surface area contributed by atoms with Crippen LogP contribution in [0, 0.1) is 0 Å². The Kier molecular flexibility index (Phi) is 2.94. The molecule has 1 aromatic carbocycles. The summed E-state index contributed by atoms with van der Waals surface area (Å²) in [6.45, 7) is 7.00. The first-order valence-corrected chi connectivity index (χ1v) is 6.87. The standard InChI is InChI=1S/C15H21NO2/c1-3-8-17-11-4-5-14-12(9-11)13-6-7-16-15(13,2)10-18-14/h4-5,9,13,16H,3,6-8,10H2,1-2H3/t13-,15+/m0/s1. The smallest absolute Gasteiger partial charge is 0.123 e. The molecule has 0 amide bonds. The number of hydrogen-bond acceptors (Lipinski definition) is 3. The van der Waals surface area contributed by atoms with E-state index in [2.05, 4.69) is 31.3 Å². The van der Waals surface area contributed by atoms with Crippen LogP contribution in [0.15, 0.2) is 18.2 Å². The lowest BCUT2D eigenvalue weighted by molar-refractivity contribution is 0.170. The van der Waals surface area contributed by atoms with Crippen LogP contribution in [0.3, 0.4) is 0 Å². The van der Waals surface area contributed by atoms with Crippen molar-refractivity contribution in [1.82, 2.24) is 5.32 Å². The Bertz CT molecular complexity index is 446. The van der Waals surface area contributed by atoms with Gasteiger partial charge in [-0.15, -0.1) is 0 Å². The maximum atomic E-state index is 5.88. The van der Waals surface area contributed by atoms with Crippen molar-refractivity contribution in [3.05, 3.63) is 23.8 Å². The van der Waals surface area contributed by atoms with Gasteiger partial charge in [0.05, 0.1) is 12.1 Å². The summed E-state index contributed by atoms with van der Waals surface area (Å²) in [5.74, 6) is 2.55. The van der Waals surface area contributed by atoms with Crippen molar-refractivity contribution in [3.63, 3.8) is 0 Å². The lowest BCUT2D eigenvalue weighted by Crippen LogP contribution is -2.48. The van der Waals surface area contributed by atoms with Crippen LogP contribution in [0.2, 0.25) is 0 Å². The molecule has 1 saturated heterocycles. The minimum Gasteiger partial charge on any atom is -0.494 e. The van der Waals surface area contributed by atoms with Gasteiger partial charge in [-0.25, -0.2) is 0 Å². The third kappa shape index (κ3) is 1.87. The van der Waals surface area contributed by atoms with Crippen LogP contribution in [0.4, 0.5) is 0 Å². The summed E-state index contributed by atoms with van der Waals surface area (Å²) < 4.78 is 11.6. The molecule has 1 N–H and O–H groups in total. The average Bonchev–Trinajstić information content (AvgIpc) is 2.78. The van der Waals surface area contributed by atoms with Crippen LogP contribution >= 0.6 is 0 Å². The number of benzene rings is 1. The molecule has 18 heavy (non-hydrogen) atoms. The fourth-order valence-electron chi connectivity index (χ4n) is 3.06. The molecular formula is C15H21NO2. The van der Waals surface area contributed by atoms with Gasteiger partial charge in [-0.1, -0.05) is 6.92 Å². The molecule has 3 nitrogen and oxygen atoms in total. The first-order valence-electron chi connectivity index (χ1n) is 6.87. The van der Waals surface area contributed by atoms with Gasteiger partial charge >= 0.3 is 0 Å². The highest BCUT2D eigenvalue weighted by atomic mass is 16.5. The highest BCUT2D eigenvalue weighted by Gasteiger charge is 2.44. The van der Waals surface area contributed by atoms with E-state index in [1.807, 2.05) is 6.07 Å². The summed E-state index contributed by atoms with van der Waals surface area (Å²) in [7, 11) is 0. The molecule has 0 aliphatic carbocycles. The lowest BCUT2D eigenvalue weighted by atomic mass is 9.80. The summed E-state index contributed by atoms with van der Waals surface area (Å²) in [5, 5.41) is 3.57. The summed E-state index contributed by atoms with van der Waals surface area (Å²) in [4.78, 5) is 0. The molecule has 1 fully saturated rings. The first kappa shape index (κ1) is 11.8. The predicted molar refractivity (Wildman–Crippen MR) is 71.5 cm³/mol. The van der Waals surface area contributed by atoms with E-state index < -0.39 is 0 Å². The van der Waals surface area contributed by atoms with Crippen molar-refractivity contribution >= 4 is 0 Å². The summed E-state index contributed by atoms with van der Waals surface area (Å²) >= 11 is 0. The molecule has 2 atom stereocenters. The number of rotatable bonds is 3. The predicted octanol–water partition coefficient (Wildman–Crippen LogP) is 2.70. The van der Waals surface area contributed by atoms with Gasteiger partial charge in [0.2, 0.25) is 0 Å². The zero-order valence-electron chi connectivity index (χ0n) is 11.2. The van der Waals surface area contributed by atoms with Crippen molar-refractivity contribution < 1.29 is 9.47 Å². The average molecular weight is 247 g/mol. The minimum absolute atomic E-state index is 0.0936. The molecule has 2 aliphatic heterocycles. The van der Waals surface area contributed by atoms with Crippen LogP contribution < -0.4 is 14.8 Å². The van der Waals surface area contributed by atoms with E-state index in [9.17, 15) is 0 Å². The maximum absolute atomic E-state index is 5.88. The summed E-state index contributed by atoms with van der Waals surface area (Å²) in [5.41, 5.74) is 1.40. The molecule has 1 aromatic rings. The van der Waals surface area contributed by atoms with Gasteiger partial charge in [-0.05, 0) is 44.5 Å². The van der Waals surface area contributed by atoms with Crippen LogP contribution in [0.25, 0.3) is 0 Å². The Labute approximate surface area is 108 Å². The van der Waals surface area contributed by atoms with E-state index >= 15 is 0 Å². The fourth-order valence-corrected chi connectivity index (χ4v) is 3.06. The van der Waals surface area contributed by atoms with Gasteiger partial charge in [-0.2, -0.15) is 0 Å². The van der Waals surface area contributed by atoms with E-state index in [4.69, 9.17) is 9.47 Å². The first-order chi connectivity index (χ1) is 8.73. The molecule has 0 saturated carbocycles. The highest BCUT2D eigenvalue weighted by Crippen LogP contribution is 2.45. The van der Waals surface area contributed by atoms with E-state index in [0.29, 0.717) is 5.92 Å². The molecular weight excluding hydrogens is 226 g/mol. The fraction of sp³-hybridized carbons (Fsp3) is 0.600. The molecule has 2 heterocycles. The van der Waals surface area contributed by atoms with Gasteiger partial charge in [-0.3, -0.25) is 0 Å². The number of ether oxygens (including phenoxy) is 2. The molecule has 0 radical (unpaired) electrons. The van der Waals surface area contributed by atoms with Crippen LogP contribution in [-0.4, -0.2) is 25.3 Å². The normalized spacial score (nSPS) is 29.3. The molecule has 0 unspecified atom stereocenters.